The lowest BCUT2D eigenvalue weighted by atomic mass is 9.99. The van der Waals surface area contributed by atoms with Crippen molar-refractivity contribution in [2.24, 2.45) is 0 Å². The van der Waals surface area contributed by atoms with E-state index in [1.165, 1.54) is 0 Å². The molecule has 1 aromatic heterocycles. The van der Waals surface area contributed by atoms with Gasteiger partial charge in [-0.2, -0.15) is 0 Å². The molecule has 4 heteroatoms. The molecule has 1 aliphatic heterocycles. The zero-order chi connectivity index (χ0) is 13.4. The van der Waals surface area contributed by atoms with Gasteiger partial charge in [0.1, 0.15) is 0 Å². The van der Waals surface area contributed by atoms with Crippen molar-refractivity contribution < 1.29 is 4.79 Å². The number of benzene rings is 1. The molecule has 1 aromatic carbocycles. The number of nitrogen functional groups attached to an aromatic ring is 1. The second kappa shape index (κ2) is 4.46. The maximum atomic E-state index is 12.6. The topological polar surface area (TPSA) is 62.1 Å². The average Bonchev–Trinajstić information content (AvgIpc) is 2.84. The number of aromatic nitrogens is 1. The van der Waals surface area contributed by atoms with Gasteiger partial charge in [0.2, 0.25) is 0 Å². The van der Waals surface area contributed by atoms with E-state index in [1.807, 2.05) is 36.2 Å². The maximum Gasteiger partial charge on any atom is 0.260 e. The predicted octanol–water partition coefficient (Wildman–Crippen LogP) is 2.50. The van der Waals surface area contributed by atoms with Gasteiger partial charge in [-0.25, -0.2) is 0 Å². The Hall–Kier alpha value is -2.23. The van der Waals surface area contributed by atoms with Crippen LogP contribution in [0.1, 0.15) is 27.9 Å². The molecule has 0 saturated carbocycles. The molecular formula is C15H17N3O. The summed E-state index contributed by atoms with van der Waals surface area (Å²) < 4.78 is 0. The first-order valence-corrected chi connectivity index (χ1v) is 6.51. The fourth-order valence-corrected chi connectivity index (χ4v) is 2.68. The molecule has 0 saturated heterocycles. The van der Waals surface area contributed by atoms with Crippen LogP contribution in [-0.2, 0) is 6.42 Å². The Bertz CT molecular complexity index is 630. The van der Waals surface area contributed by atoms with Crippen LogP contribution < -0.4 is 10.6 Å². The highest BCUT2D eigenvalue weighted by Gasteiger charge is 2.25. The molecule has 0 unspecified atom stereocenters. The summed E-state index contributed by atoms with van der Waals surface area (Å²) in [6, 6.07) is 5.78. The summed E-state index contributed by atoms with van der Waals surface area (Å²) in [6.07, 6.45) is 5.50. The summed E-state index contributed by atoms with van der Waals surface area (Å²) >= 11 is 0. The number of amides is 1. The maximum absolute atomic E-state index is 12.6. The van der Waals surface area contributed by atoms with Gasteiger partial charge >= 0.3 is 0 Å². The minimum absolute atomic E-state index is 0.0466. The lowest BCUT2D eigenvalue weighted by molar-refractivity contribution is 0.0985. The molecule has 2 aromatic rings. The molecule has 0 atom stereocenters. The first kappa shape index (κ1) is 11.8. The van der Waals surface area contributed by atoms with Crippen molar-refractivity contribution in [1.82, 2.24) is 4.98 Å². The normalized spacial score (nSPS) is 14.3. The number of nitrogens with one attached hydrogen (secondary N) is 1. The van der Waals surface area contributed by atoms with Gasteiger partial charge in [-0.05, 0) is 43.0 Å². The van der Waals surface area contributed by atoms with Crippen LogP contribution in [0.4, 0.5) is 11.4 Å². The van der Waals surface area contributed by atoms with Crippen molar-refractivity contribution in [1.29, 1.82) is 0 Å². The lowest BCUT2D eigenvalue weighted by Crippen LogP contribution is -2.35. The fraction of sp³-hybridized carbons (Fsp3) is 0.267. The first-order valence-electron chi connectivity index (χ1n) is 6.51. The summed E-state index contributed by atoms with van der Waals surface area (Å²) in [6.45, 7) is 2.69. The summed E-state index contributed by atoms with van der Waals surface area (Å²) in [5.74, 6) is 0.0466. The molecule has 1 amide bonds. The second-order valence-electron chi connectivity index (χ2n) is 4.96. The van der Waals surface area contributed by atoms with Gasteiger partial charge < -0.3 is 15.6 Å². The minimum Gasteiger partial charge on any atom is -0.398 e. The summed E-state index contributed by atoms with van der Waals surface area (Å²) in [5, 5.41) is 0. The molecular weight excluding hydrogens is 238 g/mol. The van der Waals surface area contributed by atoms with Gasteiger partial charge in [0, 0.05) is 30.3 Å². The smallest absolute Gasteiger partial charge is 0.260 e. The molecule has 0 fully saturated rings. The van der Waals surface area contributed by atoms with Crippen LogP contribution in [0, 0.1) is 6.92 Å². The third-order valence-corrected chi connectivity index (χ3v) is 3.71. The molecule has 19 heavy (non-hydrogen) atoms. The predicted molar refractivity (Wildman–Crippen MR) is 76.4 cm³/mol. The van der Waals surface area contributed by atoms with E-state index >= 15 is 0 Å². The van der Waals surface area contributed by atoms with Gasteiger partial charge in [-0.3, -0.25) is 4.79 Å². The highest BCUT2D eigenvalue weighted by molar-refractivity contribution is 6.07. The largest absolute Gasteiger partial charge is 0.398 e. The number of carbonyl (C=O) groups is 1. The van der Waals surface area contributed by atoms with Crippen LogP contribution >= 0.6 is 0 Å². The highest BCUT2D eigenvalue weighted by atomic mass is 16.2. The van der Waals surface area contributed by atoms with Crippen molar-refractivity contribution in [2.75, 3.05) is 17.2 Å². The summed E-state index contributed by atoms with van der Waals surface area (Å²) in [7, 11) is 0. The Morgan fingerprint density at radius 2 is 2.21 bits per heavy atom. The number of H-pyrrole nitrogens is 1. The molecule has 3 rings (SSSR count). The number of hydrogen-bond donors (Lipinski definition) is 2. The van der Waals surface area contributed by atoms with Crippen LogP contribution in [-0.4, -0.2) is 17.4 Å². The standard InChI is InChI=1S/C15H17N3O/c1-10-8-17-9-12(10)15(19)18-7-3-4-11-13(16)5-2-6-14(11)18/h2,5-6,8-9,17H,3-4,7,16H2,1H3. The van der Waals surface area contributed by atoms with Gasteiger partial charge in [-0.15, -0.1) is 0 Å². The van der Waals surface area contributed by atoms with Crippen LogP contribution in [0.5, 0.6) is 0 Å². The zero-order valence-corrected chi connectivity index (χ0v) is 10.9. The Morgan fingerprint density at radius 3 is 2.95 bits per heavy atom. The number of fused-ring (bicyclic) bond motifs is 1. The SMILES string of the molecule is Cc1c[nH]cc1C(=O)N1CCCc2c(N)cccc21. The van der Waals surface area contributed by atoms with Crippen LogP contribution in [0.15, 0.2) is 30.6 Å². The van der Waals surface area contributed by atoms with Crippen molar-refractivity contribution in [3.05, 3.63) is 47.3 Å². The van der Waals surface area contributed by atoms with E-state index in [9.17, 15) is 4.79 Å². The molecule has 4 nitrogen and oxygen atoms in total. The van der Waals surface area contributed by atoms with E-state index in [0.29, 0.717) is 0 Å². The minimum atomic E-state index is 0.0466. The summed E-state index contributed by atoms with van der Waals surface area (Å²) in [4.78, 5) is 17.4. The monoisotopic (exact) mass is 255 g/mol. The van der Waals surface area contributed by atoms with Gasteiger partial charge in [0.15, 0.2) is 0 Å². The van der Waals surface area contributed by atoms with Gasteiger partial charge in [0.05, 0.1) is 5.56 Å². The number of nitrogens with zero attached hydrogens (tertiary/aromatic N) is 1. The molecule has 0 bridgehead atoms. The Kier molecular flexibility index (Phi) is 2.78. The summed E-state index contributed by atoms with van der Waals surface area (Å²) in [5.41, 5.74) is 10.5. The molecule has 0 radical (unpaired) electrons. The molecule has 2 heterocycles. The van der Waals surface area contributed by atoms with E-state index in [1.54, 1.807) is 6.20 Å². The Morgan fingerprint density at radius 1 is 1.37 bits per heavy atom. The van der Waals surface area contributed by atoms with E-state index in [0.717, 1.165) is 47.5 Å². The molecule has 3 N–H and O–H groups in total. The number of aryl methyl sites for hydroxylation is 1. The third kappa shape index (κ3) is 1.89. The Labute approximate surface area is 112 Å². The van der Waals surface area contributed by atoms with Gasteiger partial charge in [0.25, 0.3) is 5.91 Å². The first-order chi connectivity index (χ1) is 9.18. The van der Waals surface area contributed by atoms with Crippen molar-refractivity contribution in [3.63, 3.8) is 0 Å². The van der Waals surface area contributed by atoms with Crippen LogP contribution in [0.25, 0.3) is 0 Å². The van der Waals surface area contributed by atoms with E-state index in [2.05, 4.69) is 4.98 Å². The quantitative estimate of drug-likeness (QED) is 0.769. The third-order valence-electron chi connectivity index (χ3n) is 3.71. The zero-order valence-electron chi connectivity index (χ0n) is 10.9. The number of carbonyl (C=O) groups excluding carboxylic acids is 1. The number of nitrogens with two attached hydrogens (primary N) is 1. The highest BCUT2D eigenvalue weighted by Crippen LogP contribution is 2.32. The lowest BCUT2D eigenvalue weighted by Gasteiger charge is -2.30. The van der Waals surface area contributed by atoms with E-state index in [4.69, 9.17) is 5.73 Å². The van der Waals surface area contributed by atoms with Crippen molar-refractivity contribution in [3.8, 4) is 0 Å². The van der Waals surface area contributed by atoms with Crippen molar-refractivity contribution >= 4 is 17.3 Å². The van der Waals surface area contributed by atoms with Crippen molar-refractivity contribution in [2.45, 2.75) is 19.8 Å². The number of anilines is 2. The number of rotatable bonds is 1. The second-order valence-corrected chi connectivity index (χ2v) is 4.96. The number of aromatic amines is 1. The van der Waals surface area contributed by atoms with E-state index < -0.39 is 0 Å². The molecule has 0 aliphatic carbocycles. The van der Waals surface area contributed by atoms with Crippen LogP contribution in [0.2, 0.25) is 0 Å². The molecule has 98 valence electrons. The molecule has 0 spiro atoms. The van der Waals surface area contributed by atoms with Gasteiger partial charge in [-0.1, -0.05) is 6.07 Å². The molecule has 1 aliphatic rings. The average molecular weight is 255 g/mol. The van der Waals surface area contributed by atoms with Crippen LogP contribution in [0.3, 0.4) is 0 Å². The number of hydrogen-bond acceptors (Lipinski definition) is 2. The van der Waals surface area contributed by atoms with E-state index in [-0.39, 0.29) is 5.91 Å². The fourth-order valence-electron chi connectivity index (χ4n) is 2.68. The Balaban J connectivity index is 2.03.